The van der Waals surface area contributed by atoms with E-state index in [1.165, 1.54) is 32.1 Å². The molecular formula is C14H25NO2. The van der Waals surface area contributed by atoms with Gasteiger partial charge in [-0.1, -0.05) is 12.8 Å². The molecule has 17 heavy (non-hydrogen) atoms. The molecule has 0 aromatic rings. The number of hydrogen-bond acceptors (Lipinski definition) is 3. The summed E-state index contributed by atoms with van der Waals surface area (Å²) in [6.45, 7) is 2.95. The van der Waals surface area contributed by atoms with Gasteiger partial charge >= 0.3 is 0 Å². The van der Waals surface area contributed by atoms with Crippen molar-refractivity contribution in [1.29, 1.82) is 0 Å². The Labute approximate surface area is 104 Å². The molecule has 0 aromatic heterocycles. The fraction of sp³-hybridized carbons (Fsp3) is 1.00. The second kappa shape index (κ2) is 4.52. The van der Waals surface area contributed by atoms with E-state index < -0.39 is 0 Å². The molecule has 3 heteroatoms. The minimum absolute atomic E-state index is 0.0465. The zero-order valence-corrected chi connectivity index (χ0v) is 10.8. The van der Waals surface area contributed by atoms with E-state index in [1.807, 2.05) is 0 Å². The van der Waals surface area contributed by atoms with E-state index in [0.29, 0.717) is 23.6 Å². The van der Waals surface area contributed by atoms with Gasteiger partial charge in [0.15, 0.2) is 0 Å². The van der Waals surface area contributed by atoms with E-state index >= 15 is 0 Å². The van der Waals surface area contributed by atoms with Gasteiger partial charge in [0.05, 0.1) is 12.2 Å². The third-order valence-electron chi connectivity index (χ3n) is 5.24. The van der Waals surface area contributed by atoms with Gasteiger partial charge in [-0.05, 0) is 39.0 Å². The number of aliphatic hydroxyl groups is 1. The van der Waals surface area contributed by atoms with Crippen molar-refractivity contribution in [1.82, 2.24) is 5.32 Å². The zero-order chi connectivity index (χ0) is 11.9. The van der Waals surface area contributed by atoms with Gasteiger partial charge in [0, 0.05) is 24.1 Å². The van der Waals surface area contributed by atoms with Gasteiger partial charge in [-0.15, -0.1) is 0 Å². The predicted octanol–water partition coefficient (Wildman–Crippen LogP) is 1.84. The van der Waals surface area contributed by atoms with Gasteiger partial charge in [0.2, 0.25) is 0 Å². The Kier molecular flexibility index (Phi) is 3.18. The molecule has 0 heterocycles. The Bertz CT molecular complexity index is 269. The largest absolute Gasteiger partial charge is 0.393 e. The Morgan fingerprint density at radius 3 is 2.53 bits per heavy atom. The first-order chi connectivity index (χ1) is 8.24. The highest BCUT2D eigenvalue weighted by molar-refractivity contribution is 5.11. The third kappa shape index (κ3) is 1.92. The van der Waals surface area contributed by atoms with Crippen molar-refractivity contribution in [2.75, 3.05) is 6.61 Å². The summed E-state index contributed by atoms with van der Waals surface area (Å²) in [6, 6.07) is 1.22. The van der Waals surface area contributed by atoms with Crippen LogP contribution in [0.2, 0.25) is 0 Å². The molecule has 0 radical (unpaired) electrons. The van der Waals surface area contributed by atoms with E-state index in [1.54, 1.807) is 0 Å². The number of ether oxygens (including phenoxy) is 1. The number of hydrogen-bond donors (Lipinski definition) is 2. The monoisotopic (exact) mass is 239 g/mol. The summed E-state index contributed by atoms with van der Waals surface area (Å²) in [4.78, 5) is 0. The van der Waals surface area contributed by atoms with Crippen LogP contribution in [0.3, 0.4) is 0 Å². The number of aliphatic hydroxyl groups excluding tert-OH is 1. The lowest BCUT2D eigenvalue weighted by atomic mass is 9.60. The van der Waals surface area contributed by atoms with Crippen LogP contribution in [0.5, 0.6) is 0 Å². The van der Waals surface area contributed by atoms with E-state index in [2.05, 4.69) is 12.2 Å². The van der Waals surface area contributed by atoms with Crippen LogP contribution in [0.15, 0.2) is 0 Å². The smallest absolute Gasteiger partial charge is 0.0661 e. The second-order valence-electron chi connectivity index (χ2n) is 6.16. The van der Waals surface area contributed by atoms with Gasteiger partial charge in [0.1, 0.15) is 0 Å². The summed E-state index contributed by atoms with van der Waals surface area (Å²) < 4.78 is 5.91. The van der Waals surface area contributed by atoms with Gasteiger partial charge in [-0.25, -0.2) is 0 Å². The summed E-state index contributed by atoms with van der Waals surface area (Å²) in [7, 11) is 0. The minimum atomic E-state index is -0.0465. The maximum Gasteiger partial charge on any atom is 0.0661 e. The zero-order valence-electron chi connectivity index (χ0n) is 10.8. The quantitative estimate of drug-likeness (QED) is 0.786. The highest BCUT2D eigenvalue weighted by Crippen LogP contribution is 2.55. The summed E-state index contributed by atoms with van der Waals surface area (Å²) in [5.41, 5.74) is 0.441. The fourth-order valence-electron chi connectivity index (χ4n) is 4.13. The van der Waals surface area contributed by atoms with Crippen LogP contribution in [0.1, 0.15) is 51.9 Å². The number of nitrogens with one attached hydrogen (secondary N) is 1. The summed E-state index contributed by atoms with van der Waals surface area (Å²) in [5.74, 6) is 0. The van der Waals surface area contributed by atoms with Gasteiger partial charge in [-0.3, -0.25) is 0 Å². The molecule has 98 valence electrons. The first-order valence-corrected chi connectivity index (χ1v) is 7.30. The Hall–Kier alpha value is -0.120. The minimum Gasteiger partial charge on any atom is -0.393 e. The molecule has 1 spiro atoms. The number of rotatable bonds is 4. The van der Waals surface area contributed by atoms with E-state index in [0.717, 1.165) is 19.4 Å². The molecule has 2 N–H and O–H groups in total. The van der Waals surface area contributed by atoms with Gasteiger partial charge in [0.25, 0.3) is 0 Å². The molecule has 2 atom stereocenters. The molecule has 3 nitrogen and oxygen atoms in total. The average molecular weight is 239 g/mol. The van der Waals surface area contributed by atoms with Crippen molar-refractivity contribution >= 4 is 0 Å². The first-order valence-electron chi connectivity index (χ1n) is 7.30. The van der Waals surface area contributed by atoms with Crippen molar-refractivity contribution in [3.8, 4) is 0 Å². The molecule has 3 rings (SSSR count). The normalized spacial score (nSPS) is 43.4. The first kappa shape index (κ1) is 11.9. The fourth-order valence-corrected chi connectivity index (χ4v) is 4.13. The topological polar surface area (TPSA) is 41.5 Å². The Morgan fingerprint density at radius 1 is 1.24 bits per heavy atom. The molecule has 0 amide bonds. The third-order valence-corrected chi connectivity index (χ3v) is 5.24. The van der Waals surface area contributed by atoms with Gasteiger partial charge in [-0.2, -0.15) is 0 Å². The van der Waals surface area contributed by atoms with Crippen LogP contribution >= 0.6 is 0 Å². The van der Waals surface area contributed by atoms with Crippen LogP contribution in [-0.4, -0.2) is 36.0 Å². The molecule has 3 saturated carbocycles. The molecule has 0 bridgehead atoms. The van der Waals surface area contributed by atoms with E-state index in [-0.39, 0.29) is 6.10 Å². The predicted molar refractivity (Wildman–Crippen MR) is 66.9 cm³/mol. The van der Waals surface area contributed by atoms with Crippen molar-refractivity contribution in [3.05, 3.63) is 0 Å². The molecule has 2 unspecified atom stereocenters. The Morgan fingerprint density at radius 2 is 1.94 bits per heavy atom. The average Bonchev–Trinajstić information content (AvgIpc) is 2.76. The van der Waals surface area contributed by atoms with Crippen LogP contribution < -0.4 is 5.32 Å². The summed E-state index contributed by atoms with van der Waals surface area (Å²) >= 11 is 0. The Balaban J connectivity index is 1.58. The van der Waals surface area contributed by atoms with Crippen molar-refractivity contribution < 1.29 is 9.84 Å². The maximum atomic E-state index is 9.35. The SMILES string of the molecule is CCOC1CC(NC2CC(O)C2)C12CCCC2. The summed E-state index contributed by atoms with van der Waals surface area (Å²) in [5, 5.41) is 13.1. The highest BCUT2D eigenvalue weighted by atomic mass is 16.5. The lowest BCUT2D eigenvalue weighted by Crippen LogP contribution is -2.66. The van der Waals surface area contributed by atoms with Crippen molar-refractivity contribution in [2.24, 2.45) is 5.41 Å². The molecular weight excluding hydrogens is 214 g/mol. The molecule has 3 fully saturated rings. The van der Waals surface area contributed by atoms with Gasteiger partial charge < -0.3 is 15.2 Å². The molecule has 0 aliphatic heterocycles. The lowest BCUT2D eigenvalue weighted by Gasteiger charge is -2.56. The standard InChI is InChI=1S/C14H25NO2/c1-2-17-13-9-12(14(13)5-3-4-6-14)15-10-7-11(16)8-10/h10-13,15-16H,2-9H2,1H3. The lowest BCUT2D eigenvalue weighted by molar-refractivity contribution is -0.137. The highest BCUT2D eigenvalue weighted by Gasteiger charge is 2.57. The van der Waals surface area contributed by atoms with Crippen LogP contribution in [0, 0.1) is 5.41 Å². The molecule has 3 aliphatic carbocycles. The summed E-state index contributed by atoms with van der Waals surface area (Å²) in [6.07, 6.45) is 8.95. The molecule has 3 aliphatic rings. The second-order valence-corrected chi connectivity index (χ2v) is 6.16. The van der Waals surface area contributed by atoms with Crippen LogP contribution in [-0.2, 0) is 4.74 Å². The maximum absolute atomic E-state index is 9.35. The van der Waals surface area contributed by atoms with E-state index in [4.69, 9.17) is 4.74 Å². The van der Waals surface area contributed by atoms with Crippen molar-refractivity contribution in [2.45, 2.75) is 76.2 Å². The van der Waals surface area contributed by atoms with Crippen LogP contribution in [0.4, 0.5) is 0 Å². The van der Waals surface area contributed by atoms with Crippen LogP contribution in [0.25, 0.3) is 0 Å². The molecule has 0 saturated heterocycles. The van der Waals surface area contributed by atoms with E-state index in [9.17, 15) is 5.11 Å². The van der Waals surface area contributed by atoms with Crippen molar-refractivity contribution in [3.63, 3.8) is 0 Å². The molecule has 0 aromatic carbocycles.